The molecule has 5 heterocycles. The third-order valence-corrected chi connectivity index (χ3v) is 15.3. The number of hydrogen-bond donors (Lipinski definition) is 10. The number of piperidine rings is 1. The second-order valence-corrected chi connectivity index (χ2v) is 21.1. The van der Waals surface area contributed by atoms with Crippen LogP contribution in [0.3, 0.4) is 0 Å². The van der Waals surface area contributed by atoms with Crippen LogP contribution in [0.2, 0.25) is 0 Å². The van der Waals surface area contributed by atoms with Crippen LogP contribution in [0.1, 0.15) is 82.8 Å². The molecule has 0 radical (unpaired) electrons. The van der Waals surface area contributed by atoms with E-state index >= 15 is 0 Å². The van der Waals surface area contributed by atoms with E-state index in [9.17, 15) is 73.2 Å². The van der Waals surface area contributed by atoms with E-state index in [1.807, 2.05) is 39.8 Å². The molecule has 0 aliphatic carbocycles. The summed E-state index contributed by atoms with van der Waals surface area (Å²) < 4.78 is 4.76. The lowest BCUT2D eigenvalue weighted by molar-refractivity contribution is -0.155. The maximum Gasteiger partial charge on any atom is 0.317 e. The Kier molecular flexibility index (Phi) is 22.9. The molecule has 27 heteroatoms. The number of aliphatic hydroxyl groups is 1. The smallest absolute Gasteiger partial charge is 0.317 e. The first kappa shape index (κ1) is 61.4. The Bertz CT molecular complexity index is 2380. The summed E-state index contributed by atoms with van der Waals surface area (Å²) in [5.74, 6) is -7.85. The number of benzene rings is 1. The molecule has 6 rings (SSSR count). The van der Waals surface area contributed by atoms with Gasteiger partial charge in [-0.15, -0.1) is 0 Å². The van der Waals surface area contributed by atoms with Crippen molar-refractivity contribution < 1.29 is 77.9 Å². The Balaban J connectivity index is 0.916. The molecule has 5 aliphatic heterocycles. The summed E-state index contributed by atoms with van der Waals surface area (Å²) in [4.78, 5) is 150. The van der Waals surface area contributed by atoms with Gasteiger partial charge in [-0.05, 0) is 68.2 Å². The van der Waals surface area contributed by atoms with Crippen LogP contribution < -0.4 is 36.8 Å². The van der Waals surface area contributed by atoms with Crippen LogP contribution in [0.25, 0.3) is 0 Å². The monoisotopic (exact) mass is 1110 g/mol. The minimum Gasteiger partial charge on any atom is -0.481 e. The van der Waals surface area contributed by atoms with Crippen molar-refractivity contribution in [2.45, 2.75) is 121 Å². The number of amides is 7. The van der Waals surface area contributed by atoms with Gasteiger partial charge >= 0.3 is 23.9 Å². The number of likely N-dealkylation sites (tertiary alicyclic amines) is 1. The van der Waals surface area contributed by atoms with E-state index in [1.54, 1.807) is 6.92 Å². The highest BCUT2D eigenvalue weighted by Gasteiger charge is 2.46. The molecule has 0 aromatic heterocycles. The molecule has 3 saturated heterocycles. The topological polar surface area (TPSA) is 366 Å². The van der Waals surface area contributed by atoms with Crippen molar-refractivity contribution >= 4 is 70.9 Å². The Morgan fingerprint density at radius 3 is 1.89 bits per heavy atom. The predicted octanol–water partition coefficient (Wildman–Crippen LogP) is -3.18. The molecule has 7 amide bonds. The number of esters is 1. The second-order valence-electron chi connectivity index (χ2n) is 21.1. The highest BCUT2D eigenvalue weighted by Crippen LogP contribution is 2.39. The van der Waals surface area contributed by atoms with Crippen LogP contribution in [-0.4, -0.2) is 233 Å². The first-order chi connectivity index (χ1) is 37.7. The van der Waals surface area contributed by atoms with Gasteiger partial charge in [-0.1, -0.05) is 38.5 Å². The van der Waals surface area contributed by atoms with Crippen molar-refractivity contribution in [2.24, 2.45) is 11.8 Å². The lowest BCUT2D eigenvalue weighted by Gasteiger charge is -2.35. The lowest BCUT2D eigenvalue weighted by atomic mass is 9.96. The fourth-order valence-electron chi connectivity index (χ4n) is 10.7. The zero-order chi connectivity index (χ0) is 57.3. The van der Waals surface area contributed by atoms with E-state index in [0.717, 1.165) is 30.5 Å². The number of aryl methyl sites for hydroxylation is 1. The van der Waals surface area contributed by atoms with Crippen molar-refractivity contribution in [2.75, 3.05) is 96.5 Å². The van der Waals surface area contributed by atoms with Gasteiger partial charge in [0.1, 0.15) is 30.2 Å². The molecule has 27 nitrogen and oxygen atoms in total. The highest BCUT2D eigenvalue weighted by atomic mass is 16.6. The number of nitrogens with zero attached hydrogens (tertiary/aromatic N) is 5. The van der Waals surface area contributed by atoms with E-state index in [4.69, 9.17) is 4.74 Å². The number of carboxylic acid groups (broad SMARTS) is 3. The average molecular weight is 1110 g/mol. The van der Waals surface area contributed by atoms with Crippen LogP contribution in [0.4, 0.5) is 5.69 Å². The van der Waals surface area contributed by atoms with Crippen molar-refractivity contribution in [1.29, 1.82) is 0 Å². The second kappa shape index (κ2) is 29.4. The number of nitrogens with one attached hydrogen (secondary N) is 6. The number of para-hydroxylation sites is 1. The predicted molar refractivity (Wildman–Crippen MR) is 280 cm³/mol. The zero-order valence-electron chi connectivity index (χ0n) is 45.0. The number of anilines is 1. The third-order valence-electron chi connectivity index (χ3n) is 15.3. The number of carbonyl (C=O) groups is 11. The number of cyclic esters (lactones) is 1. The number of rotatable bonds is 26. The molecule has 436 valence electrons. The summed E-state index contributed by atoms with van der Waals surface area (Å²) in [6, 6.07) is 0.103. The van der Waals surface area contributed by atoms with Gasteiger partial charge in [0.15, 0.2) is 0 Å². The molecule has 79 heavy (non-hydrogen) atoms. The minimum atomic E-state index is -1.53. The van der Waals surface area contributed by atoms with Crippen molar-refractivity contribution in [1.82, 2.24) is 51.5 Å². The molecule has 10 N–H and O–H groups in total. The standard InChI is InChI=1S/C52H77N11O16/c1-3-31(2)46(50(76)56-36-8-7-33-5-4-6-34-25-38(63(47(33)34)51(36)77)49(75)57-37-26-45(73)79-52(37)78)58-40(65)12-15-53-39(64)11-16-54-48(74)35(9-10-42(67)68)55-41(66)28-59-17-13-32(14-18-59)27-60-19-21-61(29-43(69)70)23-24-62(22-20-60)30-44(71)72/h4-6,31-32,35-38,46,52,78H,3,7-30H2,1-2H3,(H,53,64)(H,54,74)(H,55,66)(H,56,76)(H,57,75)(H,58,65)(H,67,68)(H,69,70)(H,71,72)/t31-,35+,36-,37+,38-,46-,52+/m0/s1. The van der Waals surface area contributed by atoms with Crippen LogP contribution in [0, 0.1) is 11.8 Å². The SMILES string of the molecule is CC[C@H](C)[C@H](NC(=O)CCNC(=O)CCNC(=O)[C@@H](CCC(=O)O)NC(=O)CN1CCC(CN2CCN(CC(=O)O)CCN(CC(=O)O)CC2)CC1)C(=O)N[C@H]1CCc2cccc3c2N(C1=O)[C@H](C(=O)N[C@@H]1CC(=O)O[C@H]1O)C3. The summed E-state index contributed by atoms with van der Waals surface area (Å²) in [5.41, 5.74) is 2.13. The first-order valence-electron chi connectivity index (χ1n) is 27.3. The summed E-state index contributed by atoms with van der Waals surface area (Å²) in [7, 11) is 0. The number of ether oxygens (including phenoxy) is 1. The molecule has 0 saturated carbocycles. The molecular weight excluding hydrogens is 1030 g/mol. The van der Waals surface area contributed by atoms with Gasteiger partial charge < -0.3 is 62.0 Å². The lowest BCUT2D eigenvalue weighted by Crippen LogP contribution is -2.59. The molecule has 1 aromatic rings. The molecular formula is C52H77N11O16. The van der Waals surface area contributed by atoms with Crippen molar-refractivity contribution in [3.8, 4) is 0 Å². The number of aliphatic carboxylic acids is 3. The van der Waals surface area contributed by atoms with Crippen molar-refractivity contribution in [3.05, 3.63) is 29.3 Å². The van der Waals surface area contributed by atoms with Gasteiger partial charge in [0.05, 0.1) is 31.7 Å². The Morgan fingerprint density at radius 1 is 0.671 bits per heavy atom. The molecule has 0 unspecified atom stereocenters. The Morgan fingerprint density at radius 2 is 1.28 bits per heavy atom. The molecule has 0 bridgehead atoms. The molecule has 5 aliphatic rings. The largest absolute Gasteiger partial charge is 0.481 e. The van der Waals surface area contributed by atoms with Gasteiger partial charge in [0.25, 0.3) is 0 Å². The Labute approximate surface area is 457 Å². The van der Waals surface area contributed by atoms with E-state index in [-0.39, 0.29) is 83.1 Å². The summed E-state index contributed by atoms with van der Waals surface area (Å²) >= 11 is 0. The van der Waals surface area contributed by atoms with Gasteiger partial charge in [-0.25, -0.2) is 0 Å². The van der Waals surface area contributed by atoms with Crippen LogP contribution in [-0.2, 0) is 70.3 Å². The first-order valence-corrected chi connectivity index (χ1v) is 27.3. The van der Waals surface area contributed by atoms with Crippen molar-refractivity contribution in [3.63, 3.8) is 0 Å². The van der Waals surface area contributed by atoms with E-state index in [1.165, 1.54) is 4.90 Å². The van der Waals surface area contributed by atoms with Crippen LogP contribution in [0.5, 0.6) is 0 Å². The fraction of sp³-hybridized carbons (Fsp3) is 0.673. The van der Waals surface area contributed by atoms with E-state index in [0.29, 0.717) is 70.9 Å². The van der Waals surface area contributed by atoms with E-state index in [2.05, 4.69) is 36.8 Å². The van der Waals surface area contributed by atoms with Gasteiger partial charge in [-0.3, -0.25) is 72.3 Å². The summed E-state index contributed by atoms with van der Waals surface area (Å²) in [5, 5.41) is 54.2. The van der Waals surface area contributed by atoms with Gasteiger partial charge in [0, 0.05) is 84.6 Å². The third kappa shape index (κ3) is 18.4. The normalized spacial score (nSPS) is 22.5. The molecule has 1 aromatic carbocycles. The average Bonchev–Trinajstić information content (AvgIpc) is 4.19. The fourth-order valence-corrected chi connectivity index (χ4v) is 10.7. The molecule has 0 spiro atoms. The van der Waals surface area contributed by atoms with Crippen LogP contribution >= 0.6 is 0 Å². The zero-order valence-corrected chi connectivity index (χ0v) is 45.0. The van der Waals surface area contributed by atoms with Gasteiger partial charge in [0.2, 0.25) is 47.6 Å². The highest BCUT2D eigenvalue weighted by molar-refractivity contribution is 6.08. The summed E-state index contributed by atoms with van der Waals surface area (Å²) in [6.45, 7) is 8.08. The number of hydrogen-bond acceptors (Lipinski definition) is 17. The molecule has 3 fully saturated rings. The summed E-state index contributed by atoms with van der Waals surface area (Å²) in [6.07, 6.45) is -0.0619. The minimum absolute atomic E-state index is 0.0338. The number of aliphatic hydroxyl groups excluding tert-OH is 1. The Hall–Kier alpha value is -6.81. The quantitative estimate of drug-likeness (QED) is 0.0409. The molecule has 7 atom stereocenters. The number of carbonyl (C=O) groups excluding carboxylic acids is 8. The maximum atomic E-state index is 14.3. The van der Waals surface area contributed by atoms with Gasteiger partial charge in [-0.2, -0.15) is 0 Å². The van der Waals surface area contributed by atoms with Crippen LogP contribution in [0.15, 0.2) is 18.2 Å². The number of carboxylic acids is 3. The van der Waals surface area contributed by atoms with E-state index < -0.39 is 108 Å². The maximum absolute atomic E-state index is 14.3.